The van der Waals surface area contributed by atoms with Gasteiger partial charge >= 0.3 is 6.18 Å². The molecule has 9 nitrogen and oxygen atoms in total. The fraction of sp³-hybridized carbons (Fsp3) is 0.429. The molecule has 0 spiro atoms. The fourth-order valence-electron chi connectivity index (χ4n) is 4.10. The average Bonchev–Trinajstić information content (AvgIpc) is 3.00. The van der Waals surface area contributed by atoms with E-state index in [1.165, 1.54) is 0 Å². The largest absolute Gasteiger partial charge is 0.416 e. The van der Waals surface area contributed by atoms with Gasteiger partial charge in [0, 0.05) is 19.6 Å². The number of benzene rings is 1. The van der Waals surface area contributed by atoms with Crippen molar-refractivity contribution < 1.29 is 18.0 Å². The van der Waals surface area contributed by atoms with Gasteiger partial charge in [0.05, 0.1) is 22.0 Å². The van der Waals surface area contributed by atoms with Crippen LogP contribution in [0.1, 0.15) is 24.6 Å². The Morgan fingerprint density at radius 2 is 2.06 bits per heavy atom. The van der Waals surface area contributed by atoms with E-state index in [4.69, 9.17) is 11.6 Å². The minimum absolute atomic E-state index is 0.0428. The molecule has 0 unspecified atom stereocenters. The molecule has 1 aliphatic rings. The first-order chi connectivity index (χ1) is 16.6. The molecule has 0 aliphatic carbocycles. The maximum absolute atomic E-state index is 13.4. The summed E-state index contributed by atoms with van der Waals surface area (Å²) in [4.78, 5) is 32.6. The Hall–Kier alpha value is -2.64. The van der Waals surface area contributed by atoms with Crippen molar-refractivity contribution in [2.75, 3.05) is 36.4 Å². The number of nitrogens with one attached hydrogen (secondary N) is 2. The zero-order valence-corrected chi connectivity index (χ0v) is 21.0. The molecule has 35 heavy (non-hydrogen) atoms. The van der Waals surface area contributed by atoms with E-state index < -0.39 is 17.6 Å². The van der Waals surface area contributed by atoms with E-state index in [0.29, 0.717) is 37.4 Å². The summed E-state index contributed by atoms with van der Waals surface area (Å²) in [6, 6.07) is 2.71. The average molecular weight is 577 g/mol. The van der Waals surface area contributed by atoms with E-state index in [9.17, 15) is 22.8 Å². The lowest BCUT2D eigenvalue weighted by atomic mass is 10.2. The van der Waals surface area contributed by atoms with Gasteiger partial charge in [0.15, 0.2) is 0 Å². The van der Waals surface area contributed by atoms with Gasteiger partial charge in [-0.1, -0.05) is 18.5 Å². The molecule has 2 aromatic heterocycles. The molecule has 4 rings (SSSR count). The highest BCUT2D eigenvalue weighted by Gasteiger charge is 2.31. The van der Waals surface area contributed by atoms with Crippen molar-refractivity contribution in [2.45, 2.75) is 32.5 Å². The van der Waals surface area contributed by atoms with Crippen molar-refractivity contribution in [1.29, 1.82) is 0 Å². The number of carbonyl (C=O) groups excluding carboxylic acids is 1. The Bertz CT molecular complexity index is 1320. The number of rotatable bonds is 5. The van der Waals surface area contributed by atoms with Crippen molar-refractivity contribution >= 4 is 50.6 Å². The van der Waals surface area contributed by atoms with E-state index >= 15 is 0 Å². The standard InChI is InChI=1S/C21H22BrClF3N7O2/c1-2-15-17(31-8-3-6-27-7-9-31)18(35)33-20(29-19(22)30-33)32(15)11-16(34)28-14-5-4-12(10-13(14)23)21(24,25)26/h4-5,10,27H,2-3,6-9,11H2,1H3,(H,28,34). The van der Waals surface area contributed by atoms with E-state index in [-0.39, 0.29) is 33.3 Å². The molecule has 0 radical (unpaired) electrons. The molecule has 1 amide bonds. The van der Waals surface area contributed by atoms with E-state index in [2.05, 4.69) is 36.6 Å². The summed E-state index contributed by atoms with van der Waals surface area (Å²) < 4.78 is 41.7. The third kappa shape index (κ3) is 5.31. The van der Waals surface area contributed by atoms with Crippen LogP contribution in [0.3, 0.4) is 0 Å². The summed E-state index contributed by atoms with van der Waals surface area (Å²) in [7, 11) is 0. The molecule has 0 bridgehead atoms. The molecule has 3 heterocycles. The van der Waals surface area contributed by atoms with Crippen LogP contribution in [-0.2, 0) is 23.9 Å². The molecule has 1 aliphatic heterocycles. The molecule has 14 heteroatoms. The Labute approximate surface area is 211 Å². The number of halogens is 5. The maximum Gasteiger partial charge on any atom is 0.416 e. The molecule has 1 fully saturated rings. The van der Waals surface area contributed by atoms with E-state index in [1.54, 1.807) is 4.57 Å². The van der Waals surface area contributed by atoms with Crippen LogP contribution >= 0.6 is 27.5 Å². The molecule has 2 N–H and O–H groups in total. The van der Waals surface area contributed by atoms with Gasteiger partial charge < -0.3 is 20.1 Å². The van der Waals surface area contributed by atoms with Crippen LogP contribution in [0, 0.1) is 0 Å². The molecular weight excluding hydrogens is 555 g/mol. The molecule has 0 atom stereocenters. The number of anilines is 2. The normalized spacial score (nSPS) is 14.9. The fourth-order valence-corrected chi connectivity index (χ4v) is 4.65. The first kappa shape index (κ1) is 25.5. The molecule has 3 aromatic rings. The van der Waals surface area contributed by atoms with Crippen LogP contribution in [-0.4, -0.2) is 51.3 Å². The number of nitrogens with zero attached hydrogens (tertiary/aromatic N) is 5. The Balaban J connectivity index is 1.72. The topological polar surface area (TPSA) is 96.6 Å². The number of alkyl halides is 3. The van der Waals surface area contributed by atoms with Crippen LogP contribution in [0.25, 0.3) is 5.78 Å². The third-order valence-electron chi connectivity index (χ3n) is 5.66. The van der Waals surface area contributed by atoms with Crippen molar-refractivity contribution in [3.8, 4) is 0 Å². The summed E-state index contributed by atoms with van der Waals surface area (Å²) in [5.41, 5.74) is -0.152. The van der Waals surface area contributed by atoms with Gasteiger partial charge in [0.2, 0.25) is 16.4 Å². The quantitative estimate of drug-likeness (QED) is 0.484. The van der Waals surface area contributed by atoms with Crippen molar-refractivity contribution in [2.24, 2.45) is 0 Å². The summed E-state index contributed by atoms with van der Waals surface area (Å²) in [5, 5.41) is 9.77. The second-order valence-corrected chi connectivity index (χ2v) is 9.08. The number of hydrogen-bond donors (Lipinski definition) is 2. The van der Waals surface area contributed by atoms with Crippen LogP contribution < -0.4 is 21.1 Å². The Morgan fingerprint density at radius 3 is 2.74 bits per heavy atom. The minimum atomic E-state index is -4.55. The number of amides is 1. The zero-order valence-electron chi connectivity index (χ0n) is 18.6. The van der Waals surface area contributed by atoms with Crippen molar-refractivity contribution in [1.82, 2.24) is 24.5 Å². The Morgan fingerprint density at radius 1 is 1.29 bits per heavy atom. The van der Waals surface area contributed by atoms with Crippen LogP contribution in [0.15, 0.2) is 27.7 Å². The van der Waals surface area contributed by atoms with Gasteiger partial charge in [-0.2, -0.15) is 22.7 Å². The Kier molecular flexibility index (Phi) is 7.38. The van der Waals surface area contributed by atoms with Crippen LogP contribution in [0.2, 0.25) is 5.02 Å². The molecular formula is C21H22BrClF3N7O2. The summed E-state index contributed by atoms with van der Waals surface area (Å²) in [6.07, 6.45) is -3.28. The lowest BCUT2D eigenvalue weighted by Crippen LogP contribution is -2.37. The highest BCUT2D eigenvalue weighted by molar-refractivity contribution is 9.10. The highest BCUT2D eigenvalue weighted by atomic mass is 79.9. The van der Waals surface area contributed by atoms with Gasteiger partial charge in [-0.25, -0.2) is 0 Å². The maximum atomic E-state index is 13.4. The second kappa shape index (κ2) is 10.2. The van der Waals surface area contributed by atoms with Crippen LogP contribution in [0.4, 0.5) is 24.5 Å². The summed E-state index contributed by atoms with van der Waals surface area (Å²) >= 11 is 9.19. The second-order valence-electron chi connectivity index (χ2n) is 7.96. The summed E-state index contributed by atoms with van der Waals surface area (Å²) in [6.45, 7) is 4.42. The predicted molar refractivity (Wildman–Crippen MR) is 129 cm³/mol. The van der Waals surface area contributed by atoms with Crippen LogP contribution in [0.5, 0.6) is 0 Å². The number of carbonyl (C=O) groups is 1. The SMILES string of the molecule is CCc1c(N2CCCNCC2)c(=O)n2nc(Br)nc2n1CC(=O)Nc1ccc(C(F)(F)F)cc1Cl. The van der Waals surface area contributed by atoms with E-state index in [1.807, 2.05) is 11.8 Å². The number of aromatic nitrogens is 4. The molecule has 0 saturated carbocycles. The number of fused-ring (bicyclic) bond motifs is 1. The van der Waals surface area contributed by atoms with Crippen molar-refractivity contribution in [3.05, 3.63) is 49.6 Å². The first-order valence-corrected chi connectivity index (χ1v) is 12.1. The third-order valence-corrected chi connectivity index (χ3v) is 6.31. The lowest BCUT2D eigenvalue weighted by molar-refractivity contribution is -0.137. The van der Waals surface area contributed by atoms with Gasteiger partial charge in [0.1, 0.15) is 12.2 Å². The summed E-state index contributed by atoms with van der Waals surface area (Å²) in [5.74, 6) is -0.376. The van der Waals surface area contributed by atoms with Gasteiger partial charge in [-0.15, -0.1) is 5.10 Å². The molecule has 1 saturated heterocycles. The lowest BCUT2D eigenvalue weighted by Gasteiger charge is -2.26. The minimum Gasteiger partial charge on any atom is -0.364 e. The predicted octanol–water partition coefficient (Wildman–Crippen LogP) is 3.33. The van der Waals surface area contributed by atoms with Crippen molar-refractivity contribution in [3.63, 3.8) is 0 Å². The van der Waals surface area contributed by atoms with Gasteiger partial charge in [0.25, 0.3) is 5.56 Å². The smallest absolute Gasteiger partial charge is 0.364 e. The van der Waals surface area contributed by atoms with Gasteiger partial charge in [-0.05, 0) is 53.5 Å². The zero-order chi connectivity index (χ0) is 25.3. The molecule has 188 valence electrons. The van der Waals surface area contributed by atoms with Gasteiger partial charge in [-0.3, -0.25) is 9.59 Å². The molecule has 1 aromatic carbocycles. The highest BCUT2D eigenvalue weighted by Crippen LogP contribution is 2.33. The first-order valence-electron chi connectivity index (χ1n) is 10.9. The number of hydrogen-bond acceptors (Lipinski definition) is 6. The monoisotopic (exact) mass is 575 g/mol. The van der Waals surface area contributed by atoms with E-state index in [0.717, 1.165) is 35.7 Å².